The summed E-state index contributed by atoms with van der Waals surface area (Å²) in [7, 11) is 0. The van der Waals surface area contributed by atoms with Crippen LogP contribution in [-0.2, 0) is 24.3 Å². The zero-order valence-electron chi connectivity index (χ0n) is 15.3. The number of carbonyl (C=O) groups is 1. The summed E-state index contributed by atoms with van der Waals surface area (Å²) in [5, 5.41) is 8.54. The molecule has 134 valence electrons. The van der Waals surface area contributed by atoms with Crippen molar-refractivity contribution in [1.82, 2.24) is 24.6 Å². The van der Waals surface area contributed by atoms with Crippen LogP contribution in [0, 0.1) is 13.8 Å². The Hall–Kier alpha value is -2.28. The van der Waals surface area contributed by atoms with E-state index in [1.54, 1.807) is 0 Å². The average molecular weight is 343 g/mol. The number of nitrogens with zero attached hydrogens (tertiary/aromatic N) is 5. The Balaban J connectivity index is 1.81. The summed E-state index contributed by atoms with van der Waals surface area (Å²) in [6, 6.07) is 3.77. The van der Waals surface area contributed by atoms with Gasteiger partial charge in [0, 0.05) is 49.1 Å². The molecule has 0 spiro atoms. The minimum atomic E-state index is 0.0474. The van der Waals surface area contributed by atoms with Gasteiger partial charge in [0.2, 0.25) is 0 Å². The number of ether oxygens (including phenoxy) is 1. The molecule has 1 unspecified atom stereocenters. The third-order valence-electron chi connectivity index (χ3n) is 4.50. The van der Waals surface area contributed by atoms with Crippen molar-refractivity contribution in [3.63, 3.8) is 0 Å². The van der Waals surface area contributed by atoms with Crippen molar-refractivity contribution in [1.29, 1.82) is 0 Å². The highest BCUT2D eigenvalue weighted by atomic mass is 16.5. The first kappa shape index (κ1) is 17.5. The highest BCUT2D eigenvalue weighted by molar-refractivity contribution is 5.94. The number of aryl methyl sites for hydroxylation is 2. The zero-order valence-corrected chi connectivity index (χ0v) is 15.3. The van der Waals surface area contributed by atoms with Gasteiger partial charge in [0.25, 0.3) is 5.91 Å². The summed E-state index contributed by atoms with van der Waals surface area (Å²) in [4.78, 5) is 19.3. The van der Waals surface area contributed by atoms with Crippen LogP contribution in [0.3, 0.4) is 0 Å². The molecule has 1 aliphatic rings. The van der Waals surface area contributed by atoms with E-state index in [4.69, 9.17) is 4.74 Å². The number of hydrogen-bond donors (Lipinski definition) is 0. The Morgan fingerprint density at radius 1 is 1.24 bits per heavy atom. The van der Waals surface area contributed by atoms with Crippen LogP contribution >= 0.6 is 0 Å². The topological polar surface area (TPSA) is 73.1 Å². The molecular formula is C18H25N5O2. The van der Waals surface area contributed by atoms with Gasteiger partial charge in [-0.1, -0.05) is 0 Å². The van der Waals surface area contributed by atoms with Crippen LogP contribution in [0.25, 0.3) is 0 Å². The van der Waals surface area contributed by atoms with Gasteiger partial charge >= 0.3 is 0 Å². The van der Waals surface area contributed by atoms with Gasteiger partial charge in [0.1, 0.15) is 12.4 Å². The first-order valence-electron chi connectivity index (χ1n) is 8.74. The summed E-state index contributed by atoms with van der Waals surface area (Å²) in [6.45, 7) is 10.3. The average Bonchev–Trinajstić information content (AvgIpc) is 2.85. The van der Waals surface area contributed by atoms with Gasteiger partial charge in [0.05, 0.1) is 0 Å². The predicted molar refractivity (Wildman–Crippen MR) is 93.3 cm³/mol. The number of amides is 1. The number of aromatic nitrogens is 4. The number of rotatable bonds is 4. The van der Waals surface area contributed by atoms with Crippen molar-refractivity contribution in [2.75, 3.05) is 13.2 Å². The molecule has 0 N–H and O–H groups in total. The lowest BCUT2D eigenvalue weighted by Crippen LogP contribution is -2.40. The lowest BCUT2D eigenvalue weighted by atomic mass is 10.1. The van der Waals surface area contributed by atoms with Crippen molar-refractivity contribution in [2.24, 2.45) is 0 Å². The lowest BCUT2D eigenvalue weighted by Gasteiger charge is -2.27. The third kappa shape index (κ3) is 3.71. The standard InChI is InChI=1S/C18H25N5O2/c1-5-25-11-17-21-20-16-10-14(4)22(6-7-23(16)17)18(24)15-8-12(2)19-13(3)9-15/h8-9,14H,5-7,10-11H2,1-4H3. The molecule has 1 atom stereocenters. The van der Waals surface area contributed by atoms with Gasteiger partial charge in [0.15, 0.2) is 5.82 Å². The Kier molecular flexibility index (Phi) is 5.13. The highest BCUT2D eigenvalue weighted by Crippen LogP contribution is 2.18. The highest BCUT2D eigenvalue weighted by Gasteiger charge is 2.28. The fourth-order valence-corrected chi connectivity index (χ4v) is 3.31. The molecule has 0 saturated heterocycles. The maximum Gasteiger partial charge on any atom is 0.254 e. The molecule has 25 heavy (non-hydrogen) atoms. The van der Waals surface area contributed by atoms with Crippen molar-refractivity contribution >= 4 is 5.91 Å². The van der Waals surface area contributed by atoms with E-state index in [1.165, 1.54) is 0 Å². The molecule has 1 amide bonds. The fraction of sp³-hybridized carbons (Fsp3) is 0.556. The number of pyridine rings is 1. The molecule has 0 aromatic carbocycles. The van der Waals surface area contributed by atoms with Gasteiger partial charge in [-0.2, -0.15) is 0 Å². The van der Waals surface area contributed by atoms with E-state index in [-0.39, 0.29) is 11.9 Å². The normalized spacial score (nSPS) is 17.3. The molecule has 2 aromatic rings. The Labute approximate surface area is 148 Å². The Morgan fingerprint density at radius 3 is 2.64 bits per heavy atom. The second kappa shape index (κ2) is 7.31. The van der Waals surface area contributed by atoms with Crippen LogP contribution in [0.5, 0.6) is 0 Å². The molecule has 7 nitrogen and oxygen atoms in total. The molecule has 1 aliphatic heterocycles. The number of hydrogen-bond acceptors (Lipinski definition) is 5. The first-order valence-corrected chi connectivity index (χ1v) is 8.74. The molecule has 2 aromatic heterocycles. The Bertz CT molecular complexity index is 751. The zero-order chi connectivity index (χ0) is 18.0. The van der Waals surface area contributed by atoms with E-state index in [9.17, 15) is 4.79 Å². The van der Waals surface area contributed by atoms with Crippen LogP contribution < -0.4 is 0 Å². The van der Waals surface area contributed by atoms with Crippen molar-refractivity contribution in [3.05, 3.63) is 40.7 Å². The largest absolute Gasteiger partial charge is 0.374 e. The molecular weight excluding hydrogens is 318 g/mol. The molecule has 0 fully saturated rings. The van der Waals surface area contributed by atoms with Gasteiger partial charge in [-0.3, -0.25) is 9.78 Å². The minimum absolute atomic E-state index is 0.0474. The smallest absolute Gasteiger partial charge is 0.254 e. The fourth-order valence-electron chi connectivity index (χ4n) is 3.31. The molecule has 0 radical (unpaired) electrons. The summed E-state index contributed by atoms with van der Waals surface area (Å²) >= 11 is 0. The van der Waals surface area contributed by atoms with E-state index in [0.717, 1.165) is 23.0 Å². The number of carbonyl (C=O) groups excluding carboxylic acids is 1. The summed E-state index contributed by atoms with van der Waals surface area (Å²) in [5.41, 5.74) is 2.42. The van der Waals surface area contributed by atoms with Gasteiger partial charge < -0.3 is 14.2 Å². The van der Waals surface area contributed by atoms with E-state index in [0.29, 0.717) is 38.3 Å². The second-order valence-corrected chi connectivity index (χ2v) is 6.51. The van der Waals surface area contributed by atoms with E-state index < -0.39 is 0 Å². The number of fused-ring (bicyclic) bond motifs is 1. The lowest BCUT2D eigenvalue weighted by molar-refractivity contribution is 0.0694. The van der Waals surface area contributed by atoms with Crippen LogP contribution in [0.1, 0.15) is 47.2 Å². The first-order chi connectivity index (χ1) is 12.0. The van der Waals surface area contributed by atoms with Gasteiger partial charge in [-0.05, 0) is 39.8 Å². The van der Waals surface area contributed by atoms with E-state index in [1.807, 2.05) is 37.8 Å². The maximum absolute atomic E-state index is 13.0. The summed E-state index contributed by atoms with van der Waals surface area (Å²) in [5.74, 6) is 1.79. The van der Waals surface area contributed by atoms with E-state index in [2.05, 4.69) is 26.7 Å². The molecule has 3 rings (SSSR count). The van der Waals surface area contributed by atoms with Crippen molar-refractivity contribution < 1.29 is 9.53 Å². The third-order valence-corrected chi connectivity index (χ3v) is 4.50. The molecule has 7 heteroatoms. The quantitative estimate of drug-likeness (QED) is 0.848. The summed E-state index contributed by atoms with van der Waals surface area (Å²) < 4.78 is 7.56. The van der Waals surface area contributed by atoms with Crippen LogP contribution in [0.2, 0.25) is 0 Å². The second-order valence-electron chi connectivity index (χ2n) is 6.51. The van der Waals surface area contributed by atoms with E-state index >= 15 is 0 Å². The molecule has 0 bridgehead atoms. The van der Waals surface area contributed by atoms with Crippen LogP contribution in [-0.4, -0.2) is 49.7 Å². The van der Waals surface area contributed by atoms with Gasteiger partial charge in [-0.15, -0.1) is 10.2 Å². The molecule has 3 heterocycles. The van der Waals surface area contributed by atoms with Gasteiger partial charge in [-0.25, -0.2) is 0 Å². The summed E-state index contributed by atoms with van der Waals surface area (Å²) in [6.07, 6.45) is 0.688. The molecule has 0 saturated carbocycles. The van der Waals surface area contributed by atoms with Crippen LogP contribution in [0.4, 0.5) is 0 Å². The Morgan fingerprint density at radius 2 is 1.96 bits per heavy atom. The predicted octanol–water partition coefficient (Wildman–Crippen LogP) is 1.91. The SMILES string of the molecule is CCOCc1nnc2n1CCN(C(=O)c1cc(C)nc(C)c1)C(C)C2. The molecule has 0 aliphatic carbocycles. The van der Waals surface area contributed by atoms with Crippen molar-refractivity contribution in [2.45, 2.75) is 53.3 Å². The monoisotopic (exact) mass is 343 g/mol. The maximum atomic E-state index is 13.0. The minimum Gasteiger partial charge on any atom is -0.374 e. The van der Waals surface area contributed by atoms with Crippen LogP contribution in [0.15, 0.2) is 12.1 Å². The van der Waals surface area contributed by atoms with Crippen molar-refractivity contribution in [3.8, 4) is 0 Å².